The lowest BCUT2D eigenvalue weighted by Gasteiger charge is -2.10. The molecule has 31 heavy (non-hydrogen) atoms. The molecule has 0 atom stereocenters. The highest BCUT2D eigenvalue weighted by Crippen LogP contribution is 2.32. The second-order valence-corrected chi connectivity index (χ2v) is 9.56. The molecule has 0 amide bonds. The molecule has 168 valence electrons. The van der Waals surface area contributed by atoms with E-state index in [0.717, 1.165) is 22.3 Å². The Morgan fingerprint density at radius 3 is 1.39 bits per heavy atom. The molecular formula is C20H19F3O5S3. The van der Waals surface area contributed by atoms with Crippen molar-refractivity contribution in [2.75, 3.05) is 6.26 Å². The van der Waals surface area contributed by atoms with Crippen LogP contribution in [0.3, 0.4) is 0 Å². The Bertz CT molecular complexity index is 1210. The quantitative estimate of drug-likeness (QED) is 0.414. The normalized spacial score (nSPS) is 11.6. The SMILES string of the molecule is CS(=O)(=O)c1ccc(-c2ccccc2-c2ccccc2)cc1.O=S(=O)(O)C(F)(F)F.S. The number of hydrogen-bond donors (Lipinski definition) is 1. The van der Waals surface area contributed by atoms with Gasteiger partial charge in [-0.3, -0.25) is 4.55 Å². The van der Waals surface area contributed by atoms with Gasteiger partial charge in [-0.25, -0.2) is 8.42 Å². The number of rotatable bonds is 3. The monoisotopic (exact) mass is 492 g/mol. The Morgan fingerprint density at radius 2 is 1.03 bits per heavy atom. The smallest absolute Gasteiger partial charge is 0.279 e. The fraction of sp³-hybridized carbons (Fsp3) is 0.100. The first-order valence-corrected chi connectivity index (χ1v) is 11.6. The van der Waals surface area contributed by atoms with Crippen molar-refractivity contribution in [3.63, 3.8) is 0 Å². The summed E-state index contributed by atoms with van der Waals surface area (Å²) in [7, 11) is -9.00. The van der Waals surface area contributed by atoms with Crippen molar-refractivity contribution in [3.05, 3.63) is 78.9 Å². The molecule has 0 saturated carbocycles. The maximum absolute atomic E-state index is 11.6. The Balaban J connectivity index is 0.000000461. The second kappa shape index (κ2) is 10.3. The number of hydrogen-bond acceptors (Lipinski definition) is 4. The van der Waals surface area contributed by atoms with Crippen molar-refractivity contribution in [2.24, 2.45) is 0 Å². The van der Waals surface area contributed by atoms with Gasteiger partial charge in [0, 0.05) is 6.26 Å². The minimum absolute atomic E-state index is 0. The number of alkyl halides is 3. The molecule has 0 spiro atoms. The van der Waals surface area contributed by atoms with Crippen LogP contribution >= 0.6 is 13.5 Å². The van der Waals surface area contributed by atoms with Gasteiger partial charge >= 0.3 is 15.6 Å². The maximum atomic E-state index is 11.6. The van der Waals surface area contributed by atoms with Gasteiger partial charge in [0.25, 0.3) is 0 Å². The number of sulfone groups is 1. The van der Waals surface area contributed by atoms with E-state index in [2.05, 4.69) is 24.3 Å². The van der Waals surface area contributed by atoms with Gasteiger partial charge in [0.05, 0.1) is 4.90 Å². The molecule has 0 fully saturated rings. The first kappa shape index (κ1) is 26.7. The van der Waals surface area contributed by atoms with E-state index < -0.39 is 25.5 Å². The fourth-order valence-electron chi connectivity index (χ4n) is 2.49. The van der Waals surface area contributed by atoms with Crippen molar-refractivity contribution < 1.29 is 34.6 Å². The Morgan fingerprint density at radius 1 is 0.677 bits per heavy atom. The van der Waals surface area contributed by atoms with Crippen LogP contribution in [0, 0.1) is 0 Å². The molecule has 0 heterocycles. The predicted octanol–water partition coefficient (Wildman–Crippen LogP) is 4.93. The van der Waals surface area contributed by atoms with Crippen molar-refractivity contribution in [1.82, 2.24) is 0 Å². The zero-order chi connectivity index (χ0) is 22.6. The zero-order valence-corrected chi connectivity index (χ0v) is 18.7. The standard InChI is InChI=1S/C19H16O2S.CHF3O3S.H2S/c1-22(20,21)17-13-11-16(12-14-17)19-10-6-5-9-18(19)15-7-3-2-4-8-15;2-1(3,4)8(5,6)7;/h2-14H,1H3;(H,5,6,7);1H2. The van der Waals surface area contributed by atoms with Crippen LogP contribution in [0.25, 0.3) is 22.3 Å². The summed E-state index contributed by atoms with van der Waals surface area (Å²) in [6, 6.07) is 25.3. The molecule has 0 saturated heterocycles. The lowest BCUT2D eigenvalue weighted by molar-refractivity contribution is -0.0510. The summed E-state index contributed by atoms with van der Waals surface area (Å²) in [6.45, 7) is 0. The second-order valence-electron chi connectivity index (χ2n) is 6.13. The molecular weight excluding hydrogens is 473 g/mol. The van der Waals surface area contributed by atoms with Gasteiger partial charge in [-0.15, -0.1) is 0 Å². The fourth-order valence-corrected chi connectivity index (χ4v) is 3.12. The van der Waals surface area contributed by atoms with E-state index in [4.69, 9.17) is 13.0 Å². The van der Waals surface area contributed by atoms with Crippen LogP contribution in [0.1, 0.15) is 0 Å². The van der Waals surface area contributed by atoms with Crippen LogP contribution < -0.4 is 0 Å². The molecule has 3 aromatic carbocycles. The highest BCUT2D eigenvalue weighted by molar-refractivity contribution is 7.90. The average molecular weight is 493 g/mol. The molecule has 3 rings (SSSR count). The lowest BCUT2D eigenvalue weighted by atomic mass is 9.95. The van der Waals surface area contributed by atoms with Gasteiger partial charge in [-0.05, 0) is 34.4 Å². The third kappa shape index (κ3) is 7.39. The summed E-state index contributed by atoms with van der Waals surface area (Å²) in [4.78, 5) is 0.341. The molecule has 0 aromatic heterocycles. The van der Waals surface area contributed by atoms with Gasteiger partial charge in [0.1, 0.15) is 0 Å². The number of benzene rings is 3. The molecule has 5 nitrogen and oxygen atoms in total. The van der Waals surface area contributed by atoms with Crippen molar-refractivity contribution in [3.8, 4) is 22.3 Å². The molecule has 3 aromatic rings. The van der Waals surface area contributed by atoms with Crippen LogP contribution in [0.4, 0.5) is 13.2 Å². The minimum Gasteiger partial charge on any atom is -0.279 e. The summed E-state index contributed by atoms with van der Waals surface area (Å²) in [6.07, 6.45) is 1.22. The van der Waals surface area contributed by atoms with Crippen LogP contribution in [0.15, 0.2) is 83.8 Å². The molecule has 0 unspecified atom stereocenters. The van der Waals surface area contributed by atoms with E-state index in [-0.39, 0.29) is 13.5 Å². The van der Waals surface area contributed by atoms with Crippen LogP contribution in [-0.2, 0) is 20.0 Å². The Kier molecular flexibility index (Phi) is 8.88. The third-order valence-electron chi connectivity index (χ3n) is 3.90. The van der Waals surface area contributed by atoms with Gasteiger partial charge in [0.2, 0.25) is 0 Å². The first-order chi connectivity index (χ1) is 13.8. The highest BCUT2D eigenvalue weighted by Gasteiger charge is 2.44. The van der Waals surface area contributed by atoms with Crippen molar-refractivity contribution in [1.29, 1.82) is 0 Å². The predicted molar refractivity (Wildman–Crippen MR) is 118 cm³/mol. The van der Waals surface area contributed by atoms with Crippen molar-refractivity contribution >= 4 is 33.5 Å². The van der Waals surface area contributed by atoms with Gasteiger partial charge in [-0.2, -0.15) is 35.1 Å². The molecule has 0 aliphatic rings. The van der Waals surface area contributed by atoms with Gasteiger partial charge in [0.15, 0.2) is 9.84 Å². The maximum Gasteiger partial charge on any atom is 0.522 e. The third-order valence-corrected chi connectivity index (χ3v) is 5.61. The van der Waals surface area contributed by atoms with Crippen LogP contribution in [0.2, 0.25) is 0 Å². The minimum atomic E-state index is -5.84. The van der Waals surface area contributed by atoms with Gasteiger partial charge < -0.3 is 0 Å². The van der Waals surface area contributed by atoms with E-state index in [1.165, 1.54) is 6.26 Å². The first-order valence-electron chi connectivity index (χ1n) is 8.29. The summed E-state index contributed by atoms with van der Waals surface area (Å²) in [5.41, 5.74) is -1.16. The zero-order valence-electron chi connectivity index (χ0n) is 16.0. The highest BCUT2D eigenvalue weighted by atomic mass is 32.2. The topological polar surface area (TPSA) is 88.5 Å². The molecule has 0 aliphatic heterocycles. The van der Waals surface area contributed by atoms with Crippen LogP contribution in [0.5, 0.6) is 0 Å². The summed E-state index contributed by atoms with van der Waals surface area (Å²) >= 11 is 0. The summed E-state index contributed by atoms with van der Waals surface area (Å²) in [5, 5.41) is 0. The average Bonchev–Trinajstić information content (AvgIpc) is 2.67. The lowest BCUT2D eigenvalue weighted by Crippen LogP contribution is -2.21. The molecule has 1 N–H and O–H groups in total. The summed E-state index contributed by atoms with van der Waals surface area (Å²) < 4.78 is 80.7. The van der Waals surface area contributed by atoms with Gasteiger partial charge in [-0.1, -0.05) is 66.7 Å². The van der Waals surface area contributed by atoms with E-state index in [9.17, 15) is 21.6 Å². The van der Waals surface area contributed by atoms with E-state index in [1.807, 2.05) is 42.5 Å². The van der Waals surface area contributed by atoms with E-state index in [1.54, 1.807) is 12.1 Å². The molecule has 0 bridgehead atoms. The summed E-state index contributed by atoms with van der Waals surface area (Å²) in [5.74, 6) is 0. The molecule has 0 aliphatic carbocycles. The Hall–Kier alpha value is -2.34. The molecule has 0 radical (unpaired) electrons. The van der Waals surface area contributed by atoms with Crippen molar-refractivity contribution in [2.45, 2.75) is 10.4 Å². The Labute approximate surface area is 185 Å². The number of halogens is 3. The van der Waals surface area contributed by atoms with E-state index in [0.29, 0.717) is 4.90 Å². The van der Waals surface area contributed by atoms with Crippen LogP contribution in [-0.4, -0.2) is 33.2 Å². The molecule has 11 heteroatoms. The largest absolute Gasteiger partial charge is 0.522 e. The van der Waals surface area contributed by atoms with E-state index >= 15 is 0 Å².